The number of benzene rings is 3. The highest BCUT2D eigenvalue weighted by molar-refractivity contribution is 5.84. The average Bonchev–Trinajstić information content (AvgIpc) is 3.06. The van der Waals surface area contributed by atoms with Crippen molar-refractivity contribution < 1.29 is 14.3 Å². The summed E-state index contributed by atoms with van der Waals surface area (Å²) in [5.74, 6) is 1.80. The van der Waals surface area contributed by atoms with Crippen molar-refractivity contribution in [1.29, 1.82) is 0 Å². The minimum atomic E-state index is 0.105. The van der Waals surface area contributed by atoms with E-state index in [1.165, 1.54) is 11.1 Å². The fraction of sp³-hybridized carbons (Fsp3) is 0.323. The Kier molecular flexibility index (Phi) is 8.80. The molecule has 0 unspecified atom stereocenters. The molecular formula is C31H36N2O3. The summed E-state index contributed by atoms with van der Waals surface area (Å²) in [5.41, 5.74) is 4.66. The Morgan fingerprint density at radius 1 is 0.889 bits per heavy atom. The second-order valence-corrected chi connectivity index (χ2v) is 9.31. The quantitative estimate of drug-likeness (QED) is 0.355. The van der Waals surface area contributed by atoms with Crippen LogP contribution < -0.4 is 9.47 Å². The van der Waals surface area contributed by atoms with Gasteiger partial charge in [-0.15, -0.1) is 0 Å². The number of ether oxygens (including phenoxy) is 2. The Labute approximate surface area is 215 Å². The second-order valence-electron chi connectivity index (χ2n) is 9.31. The van der Waals surface area contributed by atoms with Crippen molar-refractivity contribution in [3.8, 4) is 11.5 Å². The van der Waals surface area contributed by atoms with Gasteiger partial charge in [-0.1, -0.05) is 60.7 Å². The van der Waals surface area contributed by atoms with Crippen LogP contribution in [-0.4, -0.2) is 56.6 Å². The first-order valence-corrected chi connectivity index (χ1v) is 12.6. The molecule has 1 heterocycles. The SMILES string of the molecule is COc1cc2c(cc1OC)CC(=O)N(CCCN(C)CCC(c1ccccc1)c1ccccc1)C=C2. The monoisotopic (exact) mass is 484 g/mol. The Balaban J connectivity index is 1.31. The number of rotatable bonds is 11. The molecule has 3 aromatic rings. The summed E-state index contributed by atoms with van der Waals surface area (Å²) in [6.45, 7) is 2.62. The summed E-state index contributed by atoms with van der Waals surface area (Å²) in [5, 5.41) is 0. The van der Waals surface area contributed by atoms with E-state index < -0.39 is 0 Å². The molecule has 1 amide bonds. The van der Waals surface area contributed by atoms with Gasteiger partial charge in [0.25, 0.3) is 0 Å². The molecule has 0 radical (unpaired) electrons. The minimum absolute atomic E-state index is 0.105. The zero-order chi connectivity index (χ0) is 25.3. The van der Waals surface area contributed by atoms with Gasteiger partial charge in [-0.25, -0.2) is 0 Å². The zero-order valence-corrected chi connectivity index (χ0v) is 21.5. The number of carbonyl (C=O) groups excluding carboxylic acids is 1. The number of methoxy groups -OCH3 is 2. The maximum absolute atomic E-state index is 12.9. The Morgan fingerprint density at radius 2 is 1.50 bits per heavy atom. The standard InChI is InChI=1S/C31H36N2O3/c1-32(19-16-28(24-11-6-4-7-12-24)25-13-8-5-9-14-25)17-10-18-33-20-15-26-21-29(35-2)30(36-3)22-27(26)23-31(33)34/h4-9,11-15,20-22,28H,10,16-19,23H2,1-3H3. The molecule has 0 aromatic heterocycles. The van der Waals surface area contributed by atoms with Gasteiger partial charge >= 0.3 is 0 Å². The molecule has 0 spiro atoms. The maximum Gasteiger partial charge on any atom is 0.230 e. The van der Waals surface area contributed by atoms with E-state index in [-0.39, 0.29) is 5.91 Å². The summed E-state index contributed by atoms with van der Waals surface area (Å²) in [6.07, 6.45) is 6.22. The van der Waals surface area contributed by atoms with Crippen molar-refractivity contribution in [1.82, 2.24) is 9.80 Å². The molecule has 4 rings (SSSR count). The molecule has 1 aliphatic heterocycles. The molecular weight excluding hydrogens is 448 g/mol. The van der Waals surface area contributed by atoms with Crippen molar-refractivity contribution in [2.45, 2.75) is 25.2 Å². The van der Waals surface area contributed by atoms with Gasteiger partial charge in [0.1, 0.15) is 0 Å². The number of amides is 1. The second kappa shape index (κ2) is 12.4. The number of carbonyl (C=O) groups is 1. The maximum atomic E-state index is 12.9. The van der Waals surface area contributed by atoms with Crippen LogP contribution in [0.5, 0.6) is 11.5 Å². The molecule has 0 N–H and O–H groups in total. The van der Waals surface area contributed by atoms with Gasteiger partial charge < -0.3 is 19.3 Å². The van der Waals surface area contributed by atoms with E-state index in [0.717, 1.165) is 37.1 Å². The Hall–Kier alpha value is -3.57. The highest BCUT2D eigenvalue weighted by atomic mass is 16.5. The van der Waals surface area contributed by atoms with Crippen LogP contribution in [0, 0.1) is 0 Å². The van der Waals surface area contributed by atoms with E-state index in [2.05, 4.69) is 72.6 Å². The van der Waals surface area contributed by atoms with Gasteiger partial charge in [0.05, 0.1) is 20.6 Å². The third-order valence-electron chi connectivity index (χ3n) is 6.88. The lowest BCUT2D eigenvalue weighted by Crippen LogP contribution is -2.30. The van der Waals surface area contributed by atoms with Crippen molar-refractivity contribution in [2.75, 3.05) is 40.9 Å². The summed E-state index contributed by atoms with van der Waals surface area (Å²) in [6, 6.07) is 25.3. The highest BCUT2D eigenvalue weighted by Gasteiger charge is 2.20. The lowest BCUT2D eigenvalue weighted by molar-refractivity contribution is -0.127. The first kappa shape index (κ1) is 25.5. The van der Waals surface area contributed by atoms with E-state index in [0.29, 0.717) is 30.4 Å². The van der Waals surface area contributed by atoms with Crippen LogP contribution >= 0.6 is 0 Å². The molecule has 0 aliphatic carbocycles. The normalized spacial score (nSPS) is 13.1. The predicted molar refractivity (Wildman–Crippen MR) is 145 cm³/mol. The smallest absolute Gasteiger partial charge is 0.230 e. The molecule has 0 saturated carbocycles. The molecule has 1 aliphatic rings. The summed E-state index contributed by atoms with van der Waals surface area (Å²) in [7, 11) is 5.41. The van der Waals surface area contributed by atoms with Crippen LogP contribution in [-0.2, 0) is 11.2 Å². The lowest BCUT2D eigenvalue weighted by atomic mass is 9.88. The van der Waals surface area contributed by atoms with Crippen LogP contribution in [0.1, 0.15) is 41.0 Å². The van der Waals surface area contributed by atoms with E-state index in [1.807, 2.05) is 29.3 Å². The third kappa shape index (κ3) is 6.35. The van der Waals surface area contributed by atoms with Crippen LogP contribution in [0.25, 0.3) is 6.08 Å². The number of hydrogen-bond donors (Lipinski definition) is 0. The van der Waals surface area contributed by atoms with Crippen molar-refractivity contribution >= 4 is 12.0 Å². The highest BCUT2D eigenvalue weighted by Crippen LogP contribution is 2.33. The van der Waals surface area contributed by atoms with Crippen LogP contribution in [0.15, 0.2) is 79.0 Å². The molecule has 36 heavy (non-hydrogen) atoms. The van der Waals surface area contributed by atoms with Crippen LogP contribution in [0.2, 0.25) is 0 Å². The number of nitrogens with zero attached hydrogens (tertiary/aromatic N) is 2. The van der Waals surface area contributed by atoms with Crippen molar-refractivity contribution in [3.05, 3.63) is 101 Å². The van der Waals surface area contributed by atoms with E-state index in [9.17, 15) is 4.79 Å². The first-order valence-electron chi connectivity index (χ1n) is 12.6. The summed E-state index contributed by atoms with van der Waals surface area (Å²) < 4.78 is 10.8. The van der Waals surface area contributed by atoms with Gasteiger partial charge in [0.2, 0.25) is 5.91 Å². The Bertz CT molecular complexity index is 1120. The van der Waals surface area contributed by atoms with E-state index >= 15 is 0 Å². The number of hydrogen-bond acceptors (Lipinski definition) is 4. The van der Waals surface area contributed by atoms with E-state index in [1.54, 1.807) is 14.2 Å². The molecule has 188 valence electrons. The fourth-order valence-corrected chi connectivity index (χ4v) is 4.83. The van der Waals surface area contributed by atoms with Crippen LogP contribution in [0.3, 0.4) is 0 Å². The molecule has 0 bridgehead atoms. The van der Waals surface area contributed by atoms with Crippen LogP contribution in [0.4, 0.5) is 0 Å². The largest absolute Gasteiger partial charge is 0.493 e. The zero-order valence-electron chi connectivity index (χ0n) is 21.5. The first-order chi connectivity index (χ1) is 17.6. The Morgan fingerprint density at radius 3 is 2.11 bits per heavy atom. The minimum Gasteiger partial charge on any atom is -0.493 e. The summed E-state index contributed by atoms with van der Waals surface area (Å²) in [4.78, 5) is 17.1. The number of fused-ring (bicyclic) bond motifs is 1. The fourth-order valence-electron chi connectivity index (χ4n) is 4.83. The van der Waals surface area contributed by atoms with Crippen molar-refractivity contribution in [3.63, 3.8) is 0 Å². The topological polar surface area (TPSA) is 42.0 Å². The predicted octanol–water partition coefficient (Wildman–Crippen LogP) is 5.60. The average molecular weight is 485 g/mol. The third-order valence-corrected chi connectivity index (χ3v) is 6.88. The summed E-state index contributed by atoms with van der Waals surface area (Å²) >= 11 is 0. The lowest BCUT2D eigenvalue weighted by Gasteiger charge is -2.24. The van der Waals surface area contributed by atoms with Gasteiger partial charge in [-0.3, -0.25) is 4.79 Å². The van der Waals surface area contributed by atoms with Gasteiger partial charge in [0.15, 0.2) is 11.5 Å². The van der Waals surface area contributed by atoms with E-state index in [4.69, 9.17) is 9.47 Å². The van der Waals surface area contributed by atoms with Gasteiger partial charge in [0, 0.05) is 18.7 Å². The van der Waals surface area contributed by atoms with Crippen molar-refractivity contribution in [2.24, 2.45) is 0 Å². The molecule has 0 fully saturated rings. The molecule has 5 heteroatoms. The molecule has 0 atom stereocenters. The molecule has 5 nitrogen and oxygen atoms in total. The molecule has 3 aromatic carbocycles. The van der Waals surface area contributed by atoms with Gasteiger partial charge in [-0.05, 0) is 73.4 Å². The molecule has 0 saturated heterocycles. The van der Waals surface area contributed by atoms with Gasteiger partial charge in [-0.2, -0.15) is 0 Å².